The number of nitrogens with one attached hydrogen (secondary N) is 1. The second kappa shape index (κ2) is 2.27. The van der Waals surface area contributed by atoms with Crippen molar-refractivity contribution in [1.29, 1.82) is 0 Å². The lowest BCUT2D eigenvalue weighted by molar-refractivity contribution is 0.241. The maximum Gasteiger partial charge on any atom is 0.0170 e. The van der Waals surface area contributed by atoms with Crippen molar-refractivity contribution in [3.63, 3.8) is 0 Å². The monoisotopic (exact) mass is 128 g/mol. The second-order valence-electron chi connectivity index (χ2n) is 3.76. The Hall–Kier alpha value is -0.0800. The summed E-state index contributed by atoms with van der Waals surface area (Å²) in [7, 11) is 0. The molecule has 0 radical (unpaired) electrons. The lowest BCUT2D eigenvalue weighted by Crippen LogP contribution is -2.47. The van der Waals surface area contributed by atoms with E-state index in [1.54, 1.807) is 0 Å². The predicted octanol–water partition coefficient (Wildman–Crippen LogP) is 0.333. The molecule has 0 spiro atoms. The van der Waals surface area contributed by atoms with E-state index < -0.39 is 0 Å². The summed E-state index contributed by atoms with van der Waals surface area (Å²) >= 11 is 0. The van der Waals surface area contributed by atoms with E-state index in [9.17, 15) is 0 Å². The molecule has 0 bridgehead atoms. The van der Waals surface area contributed by atoms with Gasteiger partial charge in [0.05, 0.1) is 0 Å². The fourth-order valence-corrected chi connectivity index (χ4v) is 1.45. The van der Waals surface area contributed by atoms with Gasteiger partial charge in [0, 0.05) is 19.1 Å². The Labute approximate surface area is 56.8 Å². The largest absolute Gasteiger partial charge is 0.327 e. The summed E-state index contributed by atoms with van der Waals surface area (Å²) in [5.41, 5.74) is 6.16. The van der Waals surface area contributed by atoms with E-state index in [-0.39, 0.29) is 0 Å². The molecule has 1 fully saturated rings. The van der Waals surface area contributed by atoms with Gasteiger partial charge in [0.2, 0.25) is 0 Å². The Balaban J connectivity index is 2.41. The smallest absolute Gasteiger partial charge is 0.0170 e. The van der Waals surface area contributed by atoms with Crippen molar-refractivity contribution in [1.82, 2.24) is 5.32 Å². The molecule has 2 nitrogen and oxygen atoms in total. The number of piperidine rings is 1. The molecule has 1 saturated heterocycles. The summed E-state index contributed by atoms with van der Waals surface area (Å²) in [5, 5.41) is 3.30. The van der Waals surface area contributed by atoms with Gasteiger partial charge in [0.25, 0.3) is 0 Å². The average molecular weight is 128 g/mol. The first-order valence-electron chi connectivity index (χ1n) is 3.56. The molecule has 1 rings (SSSR count). The highest BCUT2D eigenvalue weighted by atomic mass is 14.9. The molecule has 1 aliphatic heterocycles. The van der Waals surface area contributed by atoms with E-state index in [4.69, 9.17) is 5.73 Å². The van der Waals surface area contributed by atoms with E-state index >= 15 is 0 Å². The Morgan fingerprint density at radius 2 is 2.22 bits per heavy atom. The van der Waals surface area contributed by atoms with Crippen LogP contribution >= 0.6 is 0 Å². The maximum atomic E-state index is 5.75. The third-order valence-electron chi connectivity index (χ3n) is 1.82. The van der Waals surface area contributed by atoms with Crippen molar-refractivity contribution in [3.05, 3.63) is 0 Å². The average Bonchev–Trinajstić information content (AvgIpc) is 1.60. The number of hydrogen-bond donors (Lipinski definition) is 2. The predicted molar refractivity (Wildman–Crippen MR) is 39.2 cm³/mol. The molecule has 0 aromatic heterocycles. The van der Waals surface area contributed by atoms with Crippen LogP contribution in [0.15, 0.2) is 0 Å². The van der Waals surface area contributed by atoms with E-state index in [0.717, 1.165) is 19.5 Å². The third-order valence-corrected chi connectivity index (χ3v) is 1.82. The van der Waals surface area contributed by atoms with Gasteiger partial charge in [-0.2, -0.15) is 0 Å². The van der Waals surface area contributed by atoms with E-state index in [2.05, 4.69) is 19.2 Å². The van der Waals surface area contributed by atoms with Crippen LogP contribution in [0.3, 0.4) is 0 Å². The van der Waals surface area contributed by atoms with Gasteiger partial charge < -0.3 is 11.1 Å². The highest BCUT2D eigenvalue weighted by Crippen LogP contribution is 2.22. The number of nitrogens with two attached hydrogens (primary N) is 1. The van der Waals surface area contributed by atoms with Crippen LogP contribution in [0, 0.1) is 5.41 Å². The SMILES string of the molecule is CC1(C)CNC[C@H](N)C1. The van der Waals surface area contributed by atoms with Crippen LogP contribution in [0.25, 0.3) is 0 Å². The fraction of sp³-hybridized carbons (Fsp3) is 1.00. The van der Waals surface area contributed by atoms with Gasteiger partial charge in [-0.05, 0) is 11.8 Å². The Morgan fingerprint density at radius 3 is 2.56 bits per heavy atom. The van der Waals surface area contributed by atoms with Gasteiger partial charge in [-0.15, -0.1) is 0 Å². The fourth-order valence-electron chi connectivity index (χ4n) is 1.45. The van der Waals surface area contributed by atoms with Crippen LogP contribution in [0.5, 0.6) is 0 Å². The molecule has 1 heterocycles. The highest BCUT2D eigenvalue weighted by Gasteiger charge is 2.24. The summed E-state index contributed by atoms with van der Waals surface area (Å²) in [6.45, 7) is 6.60. The highest BCUT2D eigenvalue weighted by molar-refractivity contribution is 4.83. The van der Waals surface area contributed by atoms with Crippen molar-refractivity contribution in [2.24, 2.45) is 11.1 Å². The first-order valence-corrected chi connectivity index (χ1v) is 3.56. The third kappa shape index (κ3) is 1.95. The van der Waals surface area contributed by atoms with Gasteiger partial charge >= 0.3 is 0 Å². The first-order chi connectivity index (χ1) is 4.10. The van der Waals surface area contributed by atoms with Crippen molar-refractivity contribution in [2.75, 3.05) is 13.1 Å². The molecule has 0 aliphatic carbocycles. The molecule has 1 atom stereocenters. The van der Waals surface area contributed by atoms with Gasteiger partial charge in [-0.1, -0.05) is 13.8 Å². The van der Waals surface area contributed by atoms with E-state index in [0.29, 0.717) is 11.5 Å². The van der Waals surface area contributed by atoms with Crippen molar-refractivity contribution < 1.29 is 0 Å². The quantitative estimate of drug-likeness (QED) is 0.493. The van der Waals surface area contributed by atoms with Gasteiger partial charge in [-0.25, -0.2) is 0 Å². The molecule has 0 aromatic carbocycles. The normalized spacial score (nSPS) is 34.3. The van der Waals surface area contributed by atoms with Crippen molar-refractivity contribution >= 4 is 0 Å². The zero-order valence-corrected chi connectivity index (χ0v) is 6.28. The lowest BCUT2D eigenvalue weighted by Gasteiger charge is -2.33. The van der Waals surface area contributed by atoms with Crippen LogP contribution in [0.4, 0.5) is 0 Å². The van der Waals surface area contributed by atoms with Crippen LogP contribution in [0.2, 0.25) is 0 Å². The van der Waals surface area contributed by atoms with Crippen LogP contribution in [-0.4, -0.2) is 19.1 Å². The van der Waals surface area contributed by atoms with Crippen molar-refractivity contribution in [3.8, 4) is 0 Å². The minimum absolute atomic E-state index is 0.369. The molecule has 9 heavy (non-hydrogen) atoms. The maximum absolute atomic E-state index is 5.75. The Bertz CT molecular complexity index is 99.1. The first kappa shape index (κ1) is 7.03. The molecule has 3 N–H and O–H groups in total. The Morgan fingerprint density at radius 1 is 1.56 bits per heavy atom. The molecule has 0 unspecified atom stereocenters. The van der Waals surface area contributed by atoms with Gasteiger partial charge in [-0.3, -0.25) is 0 Å². The topological polar surface area (TPSA) is 38.0 Å². The molecule has 0 aromatic rings. The number of rotatable bonds is 0. The minimum atomic E-state index is 0.369. The minimum Gasteiger partial charge on any atom is -0.327 e. The summed E-state index contributed by atoms with van der Waals surface area (Å²) in [4.78, 5) is 0. The molecule has 0 saturated carbocycles. The van der Waals surface area contributed by atoms with Gasteiger partial charge in [0.1, 0.15) is 0 Å². The zero-order chi connectivity index (χ0) is 6.91. The van der Waals surface area contributed by atoms with E-state index in [1.165, 1.54) is 0 Å². The van der Waals surface area contributed by atoms with Gasteiger partial charge in [0.15, 0.2) is 0 Å². The molecule has 54 valence electrons. The molecular weight excluding hydrogens is 112 g/mol. The van der Waals surface area contributed by atoms with E-state index in [1.807, 2.05) is 0 Å². The molecule has 2 heteroatoms. The molecular formula is C7H16N2. The van der Waals surface area contributed by atoms with Crippen LogP contribution in [0.1, 0.15) is 20.3 Å². The number of hydrogen-bond acceptors (Lipinski definition) is 2. The summed E-state index contributed by atoms with van der Waals surface area (Å²) < 4.78 is 0. The molecule has 1 aliphatic rings. The molecule has 0 amide bonds. The Kier molecular flexibility index (Phi) is 1.78. The van der Waals surface area contributed by atoms with Crippen molar-refractivity contribution in [2.45, 2.75) is 26.3 Å². The standard InChI is InChI=1S/C7H16N2/c1-7(2)3-6(8)4-9-5-7/h6,9H,3-5,8H2,1-2H3/t6-/m1/s1. The second-order valence-corrected chi connectivity index (χ2v) is 3.76. The summed E-state index contributed by atoms with van der Waals surface area (Å²) in [6.07, 6.45) is 1.15. The zero-order valence-electron chi connectivity index (χ0n) is 6.28. The lowest BCUT2D eigenvalue weighted by atomic mass is 9.83. The summed E-state index contributed by atoms with van der Waals surface area (Å²) in [6, 6.07) is 0.369. The van der Waals surface area contributed by atoms with Crippen LogP contribution in [-0.2, 0) is 0 Å². The van der Waals surface area contributed by atoms with Crippen LogP contribution < -0.4 is 11.1 Å². The summed E-state index contributed by atoms with van der Waals surface area (Å²) in [5.74, 6) is 0.